The smallest absolute Gasteiger partial charge is 0.254 e. The molecule has 3 rings (SSSR count). The van der Waals surface area contributed by atoms with Crippen LogP contribution < -0.4 is 10.6 Å². The van der Waals surface area contributed by atoms with Gasteiger partial charge in [0, 0.05) is 48.3 Å². The average Bonchev–Trinajstić information content (AvgIpc) is 2.66. The van der Waals surface area contributed by atoms with E-state index in [1.807, 2.05) is 30.0 Å². The third kappa shape index (κ3) is 3.56. The Morgan fingerprint density at radius 2 is 2.23 bits per heavy atom. The van der Waals surface area contributed by atoms with Gasteiger partial charge in [0.2, 0.25) is 5.91 Å². The number of hydrogen-bond acceptors (Lipinski definition) is 4. The fraction of sp³-hybridized carbons (Fsp3) is 0.467. The molecule has 0 bridgehead atoms. The summed E-state index contributed by atoms with van der Waals surface area (Å²) >= 11 is 1.65. The Balaban J connectivity index is 0.00000176. The van der Waals surface area contributed by atoms with E-state index < -0.39 is 0 Å². The van der Waals surface area contributed by atoms with E-state index in [0.717, 1.165) is 36.0 Å². The van der Waals surface area contributed by atoms with Crippen molar-refractivity contribution in [2.45, 2.75) is 24.3 Å². The van der Waals surface area contributed by atoms with Gasteiger partial charge in [-0.15, -0.1) is 24.2 Å². The van der Waals surface area contributed by atoms with E-state index in [0.29, 0.717) is 12.0 Å². The zero-order valence-electron chi connectivity index (χ0n) is 12.4. The normalized spacial score (nSPS) is 21.2. The molecule has 1 aromatic rings. The minimum Gasteiger partial charge on any atom is -0.333 e. The van der Waals surface area contributed by atoms with E-state index in [4.69, 9.17) is 0 Å². The Bertz CT molecular complexity index is 582. The molecule has 5 nitrogen and oxygen atoms in total. The number of piperazine rings is 1. The van der Waals surface area contributed by atoms with Crippen LogP contribution in [0.3, 0.4) is 0 Å². The number of halogens is 1. The lowest BCUT2D eigenvalue weighted by Gasteiger charge is -2.34. The van der Waals surface area contributed by atoms with E-state index in [1.54, 1.807) is 11.8 Å². The molecule has 0 radical (unpaired) electrons. The molecule has 1 fully saturated rings. The molecular formula is C15H20ClN3O2S. The number of carbonyl (C=O) groups excluding carboxylic acids is 2. The minimum atomic E-state index is 0. The molecular weight excluding hydrogens is 322 g/mol. The molecule has 2 N–H and O–H groups in total. The van der Waals surface area contributed by atoms with Gasteiger partial charge in [0.1, 0.15) is 0 Å². The summed E-state index contributed by atoms with van der Waals surface area (Å²) in [6.45, 7) is 4.42. The number of amides is 2. The lowest BCUT2D eigenvalue weighted by atomic mass is 10.1. The van der Waals surface area contributed by atoms with Crippen molar-refractivity contribution in [2.24, 2.45) is 0 Å². The topological polar surface area (TPSA) is 61.4 Å². The molecule has 1 saturated heterocycles. The molecule has 1 aromatic carbocycles. The second-order valence-corrected chi connectivity index (χ2v) is 6.55. The lowest BCUT2D eigenvalue weighted by molar-refractivity contribution is -0.115. The van der Waals surface area contributed by atoms with Crippen LogP contribution in [-0.2, 0) is 4.79 Å². The molecule has 22 heavy (non-hydrogen) atoms. The number of benzene rings is 1. The molecule has 2 aliphatic rings. The first-order valence-electron chi connectivity index (χ1n) is 7.23. The number of fused-ring (bicyclic) bond motifs is 1. The fourth-order valence-corrected chi connectivity index (χ4v) is 3.60. The largest absolute Gasteiger partial charge is 0.333 e. The summed E-state index contributed by atoms with van der Waals surface area (Å²) in [5.41, 5.74) is 1.40. The van der Waals surface area contributed by atoms with Gasteiger partial charge in [-0.05, 0) is 25.1 Å². The number of thioether (sulfide) groups is 1. The predicted molar refractivity (Wildman–Crippen MR) is 91.0 cm³/mol. The standard InChI is InChI=1S/C15H19N3O2S.ClH/c1-10-9-16-5-6-18(10)15(20)11-2-3-13-12(8-11)17-14(19)4-7-21-13;/h2-3,8,10,16H,4-7,9H2,1H3,(H,17,19);1H. The highest BCUT2D eigenvalue weighted by molar-refractivity contribution is 7.99. The molecule has 0 aromatic heterocycles. The summed E-state index contributed by atoms with van der Waals surface area (Å²) in [4.78, 5) is 27.2. The highest BCUT2D eigenvalue weighted by Crippen LogP contribution is 2.31. The summed E-state index contributed by atoms with van der Waals surface area (Å²) in [7, 11) is 0. The van der Waals surface area contributed by atoms with Crippen molar-refractivity contribution in [2.75, 3.05) is 30.7 Å². The quantitative estimate of drug-likeness (QED) is 0.820. The Kier molecular flexibility index (Phi) is 5.72. The summed E-state index contributed by atoms with van der Waals surface area (Å²) in [5, 5.41) is 6.17. The first kappa shape index (κ1) is 17.1. The second-order valence-electron chi connectivity index (χ2n) is 5.41. The van der Waals surface area contributed by atoms with Gasteiger partial charge in [-0.25, -0.2) is 0 Å². The summed E-state index contributed by atoms with van der Waals surface area (Å²) in [6, 6.07) is 5.79. The molecule has 120 valence electrons. The Morgan fingerprint density at radius 3 is 3.00 bits per heavy atom. The SMILES string of the molecule is CC1CNCCN1C(=O)c1ccc2c(c1)NC(=O)CCS2.Cl. The van der Waals surface area contributed by atoms with Crippen LogP contribution in [0.25, 0.3) is 0 Å². The van der Waals surface area contributed by atoms with Crippen molar-refractivity contribution in [1.29, 1.82) is 0 Å². The molecule has 2 heterocycles. The van der Waals surface area contributed by atoms with E-state index >= 15 is 0 Å². The van der Waals surface area contributed by atoms with Crippen LogP contribution in [0.2, 0.25) is 0 Å². The van der Waals surface area contributed by atoms with Crippen LogP contribution >= 0.6 is 24.2 Å². The van der Waals surface area contributed by atoms with Crippen LogP contribution in [-0.4, -0.2) is 48.1 Å². The van der Waals surface area contributed by atoms with Crippen molar-refractivity contribution in [1.82, 2.24) is 10.2 Å². The van der Waals surface area contributed by atoms with Crippen LogP contribution in [0.15, 0.2) is 23.1 Å². The van der Waals surface area contributed by atoms with E-state index in [1.165, 1.54) is 0 Å². The number of nitrogens with one attached hydrogen (secondary N) is 2. The summed E-state index contributed by atoms with van der Waals surface area (Å²) in [5.74, 6) is 0.831. The Morgan fingerprint density at radius 1 is 1.41 bits per heavy atom. The molecule has 0 aliphatic carbocycles. The van der Waals surface area contributed by atoms with E-state index in [9.17, 15) is 9.59 Å². The predicted octanol–water partition coefficient (Wildman–Crippen LogP) is 1.98. The van der Waals surface area contributed by atoms with Gasteiger partial charge in [-0.2, -0.15) is 0 Å². The highest BCUT2D eigenvalue weighted by atomic mass is 35.5. The molecule has 1 atom stereocenters. The van der Waals surface area contributed by atoms with Crippen molar-refractivity contribution in [3.8, 4) is 0 Å². The van der Waals surface area contributed by atoms with Crippen molar-refractivity contribution < 1.29 is 9.59 Å². The van der Waals surface area contributed by atoms with Gasteiger partial charge in [-0.3, -0.25) is 9.59 Å². The first-order valence-corrected chi connectivity index (χ1v) is 8.22. The maximum Gasteiger partial charge on any atom is 0.254 e. The average molecular weight is 342 g/mol. The third-order valence-electron chi connectivity index (χ3n) is 3.85. The lowest BCUT2D eigenvalue weighted by Crippen LogP contribution is -2.52. The van der Waals surface area contributed by atoms with Crippen molar-refractivity contribution >= 4 is 41.7 Å². The molecule has 7 heteroatoms. The zero-order chi connectivity index (χ0) is 14.8. The molecule has 0 spiro atoms. The van der Waals surface area contributed by atoms with Gasteiger partial charge < -0.3 is 15.5 Å². The summed E-state index contributed by atoms with van der Waals surface area (Å²) < 4.78 is 0. The van der Waals surface area contributed by atoms with E-state index in [2.05, 4.69) is 10.6 Å². The van der Waals surface area contributed by atoms with Crippen LogP contribution in [0.4, 0.5) is 5.69 Å². The number of anilines is 1. The van der Waals surface area contributed by atoms with Gasteiger partial charge >= 0.3 is 0 Å². The Hall–Kier alpha value is -1.24. The number of hydrogen-bond donors (Lipinski definition) is 2. The van der Waals surface area contributed by atoms with Gasteiger partial charge in [0.25, 0.3) is 5.91 Å². The third-order valence-corrected chi connectivity index (χ3v) is 4.92. The molecule has 2 amide bonds. The van der Waals surface area contributed by atoms with Gasteiger partial charge in [0.05, 0.1) is 5.69 Å². The highest BCUT2D eigenvalue weighted by Gasteiger charge is 2.25. The van der Waals surface area contributed by atoms with Crippen LogP contribution in [0.5, 0.6) is 0 Å². The Labute approximate surface area is 140 Å². The molecule has 2 aliphatic heterocycles. The molecule has 1 unspecified atom stereocenters. The maximum absolute atomic E-state index is 12.6. The number of nitrogens with zero attached hydrogens (tertiary/aromatic N) is 1. The number of rotatable bonds is 1. The van der Waals surface area contributed by atoms with Crippen molar-refractivity contribution in [3.63, 3.8) is 0 Å². The van der Waals surface area contributed by atoms with E-state index in [-0.39, 0.29) is 30.3 Å². The second kappa shape index (κ2) is 7.35. The maximum atomic E-state index is 12.6. The molecule has 0 saturated carbocycles. The monoisotopic (exact) mass is 341 g/mol. The summed E-state index contributed by atoms with van der Waals surface area (Å²) in [6.07, 6.45) is 0.511. The fourth-order valence-electron chi connectivity index (χ4n) is 2.66. The van der Waals surface area contributed by atoms with Crippen molar-refractivity contribution in [3.05, 3.63) is 23.8 Å². The van der Waals surface area contributed by atoms with Gasteiger partial charge in [-0.1, -0.05) is 0 Å². The minimum absolute atomic E-state index is 0. The van der Waals surface area contributed by atoms with Gasteiger partial charge in [0.15, 0.2) is 0 Å². The first-order chi connectivity index (χ1) is 10.1. The van der Waals surface area contributed by atoms with Crippen LogP contribution in [0, 0.1) is 0 Å². The zero-order valence-corrected chi connectivity index (χ0v) is 14.1. The number of carbonyl (C=O) groups is 2. The van der Waals surface area contributed by atoms with Crippen LogP contribution in [0.1, 0.15) is 23.7 Å².